The summed E-state index contributed by atoms with van der Waals surface area (Å²) in [6, 6.07) is 10.3. The Morgan fingerprint density at radius 3 is 2.25 bits per heavy atom. The number of carbonyl (C=O) groups excluding carboxylic acids is 1. The van der Waals surface area contributed by atoms with Crippen LogP contribution in [0.3, 0.4) is 0 Å². The first-order valence-corrected chi connectivity index (χ1v) is 12.8. The average molecular weight is 492 g/mol. The van der Waals surface area contributed by atoms with Crippen LogP contribution in [-0.4, -0.2) is 34.9 Å². The summed E-state index contributed by atoms with van der Waals surface area (Å²) >= 11 is 0. The maximum Gasteiger partial charge on any atom is 0.247 e. The van der Waals surface area contributed by atoms with E-state index in [1.165, 1.54) is 5.56 Å². The van der Waals surface area contributed by atoms with Crippen LogP contribution in [0.5, 0.6) is 0 Å². The van der Waals surface area contributed by atoms with Gasteiger partial charge >= 0.3 is 0 Å². The molecule has 0 aliphatic carbocycles. The first kappa shape index (κ1) is 31.1. The summed E-state index contributed by atoms with van der Waals surface area (Å²) in [5.41, 5.74) is 4.04. The lowest BCUT2D eigenvalue weighted by atomic mass is 9.92. The summed E-state index contributed by atoms with van der Waals surface area (Å²) in [5, 5.41) is 22.5. The minimum absolute atomic E-state index is 0.0175. The molecule has 36 heavy (non-hydrogen) atoms. The zero-order valence-electron chi connectivity index (χ0n) is 22.8. The summed E-state index contributed by atoms with van der Waals surface area (Å²) in [4.78, 5) is 11.9. The van der Waals surface area contributed by atoms with E-state index in [0.29, 0.717) is 11.5 Å². The Kier molecular flexibility index (Phi) is 15.1. The van der Waals surface area contributed by atoms with E-state index in [4.69, 9.17) is 5.11 Å². The Hall–Kier alpha value is -2.95. The molecule has 1 aromatic rings. The second-order valence-corrected chi connectivity index (χ2v) is 9.66. The third-order valence-corrected chi connectivity index (χ3v) is 5.93. The molecule has 0 saturated carbocycles. The number of rotatable bonds is 14. The molecule has 0 aliphatic heterocycles. The molecule has 0 radical (unpaired) electrons. The Labute approximate surface area is 218 Å². The number of nitrogens with one attached hydrogen (secondary N) is 1. The summed E-state index contributed by atoms with van der Waals surface area (Å²) in [6.07, 6.45) is 19.1. The van der Waals surface area contributed by atoms with Crippen LogP contribution in [0.1, 0.15) is 53.5 Å². The molecule has 4 unspecified atom stereocenters. The van der Waals surface area contributed by atoms with Crippen LogP contribution in [0.25, 0.3) is 0 Å². The van der Waals surface area contributed by atoms with E-state index in [-0.39, 0.29) is 24.5 Å². The van der Waals surface area contributed by atoms with Crippen LogP contribution in [0.2, 0.25) is 0 Å². The number of hydrogen-bond donors (Lipinski definition) is 3. The quantitative estimate of drug-likeness (QED) is 0.163. The zero-order chi connectivity index (χ0) is 26.9. The molecule has 1 rings (SSSR count). The molecule has 0 spiro atoms. The van der Waals surface area contributed by atoms with Crippen molar-refractivity contribution in [3.05, 3.63) is 107 Å². The van der Waals surface area contributed by atoms with Crippen LogP contribution in [-0.2, 0) is 11.2 Å². The highest BCUT2D eigenvalue weighted by Gasteiger charge is 2.14. The van der Waals surface area contributed by atoms with Gasteiger partial charge in [0.2, 0.25) is 5.91 Å². The lowest BCUT2D eigenvalue weighted by Crippen LogP contribution is -2.35. The Morgan fingerprint density at radius 2 is 1.58 bits per heavy atom. The molecular weight excluding hydrogens is 446 g/mol. The third-order valence-electron chi connectivity index (χ3n) is 5.93. The third kappa shape index (κ3) is 13.2. The molecule has 196 valence electrons. The van der Waals surface area contributed by atoms with Crippen molar-refractivity contribution in [2.75, 3.05) is 6.61 Å². The normalized spacial score (nSPS) is 17.1. The molecule has 4 atom stereocenters. The minimum atomic E-state index is -0.501. The molecule has 4 heteroatoms. The van der Waals surface area contributed by atoms with Gasteiger partial charge in [0.15, 0.2) is 0 Å². The SMILES string of the molecule is CC(/C=C/C=C\C=C\C=C(/C)C(=O)NC(C)CO)=C\C(C)C(O)/C(C)=C/C(C)CCc1ccccc1. The number of hydrogen-bond acceptors (Lipinski definition) is 3. The van der Waals surface area contributed by atoms with E-state index in [0.717, 1.165) is 24.0 Å². The fraction of sp³-hybridized carbons (Fsp3) is 0.406. The molecule has 1 amide bonds. The Bertz CT molecular complexity index is 966. The number of allylic oxidation sites excluding steroid dienone is 9. The van der Waals surface area contributed by atoms with Crippen LogP contribution < -0.4 is 5.32 Å². The van der Waals surface area contributed by atoms with Crippen LogP contribution >= 0.6 is 0 Å². The molecule has 0 saturated heterocycles. The highest BCUT2D eigenvalue weighted by molar-refractivity contribution is 5.93. The maximum absolute atomic E-state index is 11.9. The van der Waals surface area contributed by atoms with Gasteiger partial charge in [0.25, 0.3) is 0 Å². The average Bonchev–Trinajstić information content (AvgIpc) is 2.86. The molecule has 4 nitrogen and oxygen atoms in total. The van der Waals surface area contributed by atoms with Crippen LogP contribution in [0.15, 0.2) is 102 Å². The fourth-order valence-corrected chi connectivity index (χ4v) is 3.70. The van der Waals surface area contributed by atoms with Gasteiger partial charge in [0, 0.05) is 17.5 Å². The summed E-state index contributed by atoms with van der Waals surface area (Å²) < 4.78 is 0. The van der Waals surface area contributed by atoms with E-state index >= 15 is 0 Å². The van der Waals surface area contributed by atoms with Gasteiger partial charge in [-0.1, -0.05) is 104 Å². The van der Waals surface area contributed by atoms with Gasteiger partial charge in [0.1, 0.15) is 0 Å². The minimum Gasteiger partial charge on any atom is -0.394 e. The van der Waals surface area contributed by atoms with Crippen molar-refractivity contribution in [2.24, 2.45) is 11.8 Å². The maximum atomic E-state index is 11.9. The largest absolute Gasteiger partial charge is 0.394 e. The second kappa shape index (κ2) is 17.5. The predicted octanol–water partition coefficient (Wildman–Crippen LogP) is 6.26. The van der Waals surface area contributed by atoms with Crippen molar-refractivity contribution in [3.63, 3.8) is 0 Å². The number of aryl methyl sites for hydroxylation is 1. The number of aliphatic hydroxyl groups excluding tert-OH is 2. The van der Waals surface area contributed by atoms with E-state index in [9.17, 15) is 9.90 Å². The van der Waals surface area contributed by atoms with Crippen LogP contribution in [0.4, 0.5) is 0 Å². The first-order chi connectivity index (χ1) is 17.1. The van der Waals surface area contributed by atoms with Gasteiger partial charge in [-0.3, -0.25) is 4.79 Å². The van der Waals surface area contributed by atoms with E-state index < -0.39 is 6.10 Å². The monoisotopic (exact) mass is 491 g/mol. The number of aliphatic hydroxyl groups is 2. The lowest BCUT2D eigenvalue weighted by Gasteiger charge is -2.19. The fourth-order valence-electron chi connectivity index (χ4n) is 3.70. The van der Waals surface area contributed by atoms with Gasteiger partial charge in [-0.05, 0) is 57.6 Å². The van der Waals surface area contributed by atoms with Crippen LogP contribution in [0, 0.1) is 11.8 Å². The van der Waals surface area contributed by atoms with Crippen molar-refractivity contribution in [1.29, 1.82) is 0 Å². The topological polar surface area (TPSA) is 69.6 Å². The molecule has 0 aliphatic rings. The van der Waals surface area contributed by atoms with Gasteiger partial charge in [-0.15, -0.1) is 0 Å². The van der Waals surface area contributed by atoms with Crippen molar-refractivity contribution in [1.82, 2.24) is 5.32 Å². The predicted molar refractivity (Wildman–Crippen MR) is 152 cm³/mol. The zero-order valence-corrected chi connectivity index (χ0v) is 22.8. The highest BCUT2D eigenvalue weighted by atomic mass is 16.3. The molecule has 1 aromatic carbocycles. The van der Waals surface area contributed by atoms with Gasteiger partial charge in [-0.2, -0.15) is 0 Å². The summed E-state index contributed by atoms with van der Waals surface area (Å²) in [5.74, 6) is 0.241. The van der Waals surface area contributed by atoms with E-state index in [2.05, 4.69) is 48.7 Å². The Morgan fingerprint density at radius 1 is 0.944 bits per heavy atom. The number of benzene rings is 1. The molecule has 0 bridgehead atoms. The van der Waals surface area contributed by atoms with Gasteiger partial charge < -0.3 is 15.5 Å². The summed E-state index contributed by atoms with van der Waals surface area (Å²) in [7, 11) is 0. The Balaban J connectivity index is 2.53. The lowest BCUT2D eigenvalue weighted by molar-refractivity contribution is -0.118. The standard InChI is InChI=1S/C32H45NO3/c1-24(15-11-8-7-9-12-16-26(3)32(36)33-29(6)23-34)21-27(4)31(35)28(5)22-25(2)19-20-30-17-13-10-14-18-30/h7-18,21-22,25,27,29,31,34-35H,19-20,23H2,1-6H3,(H,33,36)/b8-7-,12-9+,15-11+,24-21+,26-16+,28-22+. The first-order valence-electron chi connectivity index (χ1n) is 12.8. The van der Waals surface area contributed by atoms with E-state index in [1.807, 2.05) is 57.2 Å². The van der Waals surface area contributed by atoms with E-state index in [1.54, 1.807) is 26.0 Å². The number of carbonyl (C=O) groups is 1. The highest BCUT2D eigenvalue weighted by Crippen LogP contribution is 2.19. The molecule has 3 N–H and O–H groups in total. The number of amides is 1. The molecular formula is C32H45NO3. The summed E-state index contributed by atoms with van der Waals surface area (Å²) in [6.45, 7) is 11.7. The van der Waals surface area contributed by atoms with Crippen molar-refractivity contribution in [3.8, 4) is 0 Å². The van der Waals surface area contributed by atoms with Crippen molar-refractivity contribution < 1.29 is 15.0 Å². The van der Waals surface area contributed by atoms with Gasteiger partial charge in [-0.25, -0.2) is 0 Å². The molecule has 0 fully saturated rings. The molecule has 0 aromatic heterocycles. The van der Waals surface area contributed by atoms with Gasteiger partial charge in [0.05, 0.1) is 12.7 Å². The second-order valence-electron chi connectivity index (χ2n) is 9.66. The smallest absolute Gasteiger partial charge is 0.247 e. The van der Waals surface area contributed by atoms with Crippen molar-refractivity contribution >= 4 is 5.91 Å². The van der Waals surface area contributed by atoms with Crippen molar-refractivity contribution in [2.45, 2.75) is 66.5 Å². The molecule has 0 heterocycles.